The van der Waals surface area contributed by atoms with Crippen molar-refractivity contribution in [1.82, 2.24) is 0 Å². The molecule has 2 aliphatic carbocycles. The van der Waals surface area contributed by atoms with Crippen LogP contribution in [0.2, 0.25) is 0 Å². The third-order valence-corrected chi connectivity index (χ3v) is 6.38. The quantitative estimate of drug-likeness (QED) is 0.694. The molecule has 0 aliphatic heterocycles. The van der Waals surface area contributed by atoms with Crippen LogP contribution < -0.4 is 0 Å². The second-order valence-electron chi connectivity index (χ2n) is 8.35. The average molecular weight is 306 g/mol. The molecule has 0 aromatic heterocycles. The maximum atomic E-state index is 10.9. The highest BCUT2D eigenvalue weighted by Crippen LogP contribution is 2.53. The fourth-order valence-electron chi connectivity index (χ4n) is 4.74. The molecule has 22 heavy (non-hydrogen) atoms. The lowest BCUT2D eigenvalue weighted by Crippen LogP contribution is -2.51. The van der Waals surface area contributed by atoms with Gasteiger partial charge in [-0.3, -0.25) is 0 Å². The Balaban J connectivity index is 2.31. The number of fused-ring (bicyclic) bond motifs is 2. The van der Waals surface area contributed by atoms with Crippen molar-refractivity contribution in [2.75, 3.05) is 6.61 Å². The minimum atomic E-state index is -0.548. The van der Waals surface area contributed by atoms with Crippen LogP contribution in [0, 0.1) is 17.3 Å². The van der Waals surface area contributed by atoms with Gasteiger partial charge in [-0.2, -0.15) is 0 Å². The van der Waals surface area contributed by atoms with Crippen molar-refractivity contribution in [3.63, 3.8) is 0 Å². The van der Waals surface area contributed by atoms with Gasteiger partial charge >= 0.3 is 0 Å². The summed E-state index contributed by atoms with van der Waals surface area (Å²) >= 11 is 0. The second-order valence-corrected chi connectivity index (χ2v) is 8.35. The van der Waals surface area contributed by atoms with Gasteiger partial charge in [0.1, 0.15) is 0 Å². The van der Waals surface area contributed by atoms with E-state index in [9.17, 15) is 10.2 Å². The van der Waals surface area contributed by atoms with E-state index in [2.05, 4.69) is 32.9 Å². The van der Waals surface area contributed by atoms with Crippen LogP contribution in [0.4, 0.5) is 0 Å². The van der Waals surface area contributed by atoms with E-state index in [1.807, 2.05) is 6.92 Å². The first-order valence-electron chi connectivity index (χ1n) is 8.94. The predicted octanol–water partition coefficient (Wildman–Crippen LogP) is 4.62. The van der Waals surface area contributed by atoms with Gasteiger partial charge in [-0.25, -0.2) is 0 Å². The van der Waals surface area contributed by atoms with Crippen LogP contribution in [0.1, 0.15) is 72.6 Å². The molecule has 0 radical (unpaired) electrons. The molecule has 2 heteroatoms. The zero-order valence-corrected chi connectivity index (χ0v) is 14.9. The molecule has 0 aromatic carbocycles. The van der Waals surface area contributed by atoms with E-state index in [0.717, 1.165) is 44.9 Å². The van der Waals surface area contributed by atoms with Gasteiger partial charge in [-0.05, 0) is 81.6 Å². The van der Waals surface area contributed by atoms with Crippen LogP contribution in [0.15, 0.2) is 23.3 Å². The fraction of sp³-hybridized carbons (Fsp3) is 0.800. The lowest BCUT2D eigenvalue weighted by atomic mass is 9.54. The van der Waals surface area contributed by atoms with Crippen molar-refractivity contribution < 1.29 is 10.2 Å². The smallest absolute Gasteiger partial charge is 0.0653 e. The van der Waals surface area contributed by atoms with Crippen molar-refractivity contribution >= 4 is 0 Å². The maximum Gasteiger partial charge on any atom is 0.0653 e. The molecular formula is C20H34O2. The molecule has 0 unspecified atom stereocenters. The summed E-state index contributed by atoms with van der Waals surface area (Å²) in [4.78, 5) is 0. The Morgan fingerprint density at radius 3 is 2.55 bits per heavy atom. The molecule has 0 saturated heterocycles. The van der Waals surface area contributed by atoms with Gasteiger partial charge in [0, 0.05) is 0 Å². The normalized spacial score (nSPS) is 41.4. The molecule has 126 valence electrons. The van der Waals surface area contributed by atoms with E-state index in [1.54, 1.807) is 0 Å². The largest absolute Gasteiger partial charge is 0.392 e. The highest BCUT2D eigenvalue weighted by atomic mass is 16.3. The minimum absolute atomic E-state index is 0.137. The number of aliphatic hydroxyl groups excluding tert-OH is 1. The molecule has 3 atom stereocenters. The van der Waals surface area contributed by atoms with Gasteiger partial charge < -0.3 is 10.2 Å². The first kappa shape index (κ1) is 17.7. The highest BCUT2D eigenvalue weighted by Gasteiger charge is 2.49. The predicted molar refractivity (Wildman–Crippen MR) is 92.6 cm³/mol. The molecule has 0 aromatic rings. The van der Waals surface area contributed by atoms with Crippen molar-refractivity contribution in [1.29, 1.82) is 0 Å². The Morgan fingerprint density at radius 2 is 1.86 bits per heavy atom. The number of hydrogen-bond acceptors (Lipinski definition) is 2. The van der Waals surface area contributed by atoms with Gasteiger partial charge in [-0.15, -0.1) is 0 Å². The van der Waals surface area contributed by atoms with E-state index >= 15 is 0 Å². The Bertz CT molecular complexity index is 443. The van der Waals surface area contributed by atoms with Crippen LogP contribution in [0.5, 0.6) is 0 Å². The molecule has 0 heterocycles. The Morgan fingerprint density at radius 1 is 1.14 bits per heavy atom. The topological polar surface area (TPSA) is 40.5 Å². The number of hydrogen-bond donors (Lipinski definition) is 2. The summed E-state index contributed by atoms with van der Waals surface area (Å²) in [7, 11) is 0. The molecule has 1 fully saturated rings. The molecule has 2 aliphatic rings. The van der Waals surface area contributed by atoms with Crippen molar-refractivity contribution in [2.24, 2.45) is 17.3 Å². The summed E-state index contributed by atoms with van der Waals surface area (Å²) < 4.78 is 0. The summed E-state index contributed by atoms with van der Waals surface area (Å²) in [6.07, 6.45) is 11.8. The third kappa shape index (κ3) is 3.83. The van der Waals surface area contributed by atoms with E-state index < -0.39 is 5.60 Å². The summed E-state index contributed by atoms with van der Waals surface area (Å²) in [5.74, 6) is 0.940. The molecule has 0 spiro atoms. The molecule has 1 saturated carbocycles. The van der Waals surface area contributed by atoms with Crippen LogP contribution in [0.25, 0.3) is 0 Å². The lowest BCUT2D eigenvalue weighted by Gasteiger charge is -2.53. The molecule has 2 N–H and O–H groups in total. The van der Waals surface area contributed by atoms with E-state index in [0.29, 0.717) is 11.8 Å². The van der Waals surface area contributed by atoms with Gasteiger partial charge in [-0.1, -0.05) is 31.6 Å². The van der Waals surface area contributed by atoms with Gasteiger partial charge in [0.15, 0.2) is 0 Å². The summed E-state index contributed by atoms with van der Waals surface area (Å²) in [6, 6.07) is 0. The monoisotopic (exact) mass is 306 g/mol. The van der Waals surface area contributed by atoms with Crippen LogP contribution in [0.3, 0.4) is 0 Å². The number of rotatable bonds is 1. The summed E-state index contributed by atoms with van der Waals surface area (Å²) in [5, 5.41) is 20.5. The first-order chi connectivity index (χ1) is 10.3. The minimum Gasteiger partial charge on any atom is -0.392 e. The van der Waals surface area contributed by atoms with E-state index in [-0.39, 0.29) is 12.0 Å². The van der Waals surface area contributed by atoms with Crippen molar-refractivity contribution in [3.05, 3.63) is 23.3 Å². The lowest BCUT2D eigenvalue weighted by molar-refractivity contribution is -0.118. The zero-order chi connectivity index (χ0) is 16.4. The Hall–Kier alpha value is -0.600. The van der Waals surface area contributed by atoms with Gasteiger partial charge in [0.2, 0.25) is 0 Å². The highest BCUT2D eigenvalue weighted by molar-refractivity contribution is 5.10. The van der Waals surface area contributed by atoms with Gasteiger partial charge in [0.05, 0.1) is 12.2 Å². The Labute approximate surface area is 136 Å². The van der Waals surface area contributed by atoms with E-state index in [1.165, 1.54) is 11.1 Å². The zero-order valence-electron chi connectivity index (χ0n) is 14.9. The molecule has 2 bridgehead atoms. The second kappa shape index (κ2) is 6.88. The first-order valence-corrected chi connectivity index (χ1v) is 8.94. The average Bonchev–Trinajstić information content (AvgIpc) is 2.42. The van der Waals surface area contributed by atoms with Crippen LogP contribution >= 0.6 is 0 Å². The number of allylic oxidation sites excluding steroid dienone is 3. The molecule has 2 nitrogen and oxygen atoms in total. The molecule has 0 amide bonds. The van der Waals surface area contributed by atoms with Crippen molar-refractivity contribution in [2.45, 2.75) is 78.2 Å². The Kier molecular flexibility index (Phi) is 5.55. The van der Waals surface area contributed by atoms with Crippen molar-refractivity contribution in [3.8, 4) is 0 Å². The van der Waals surface area contributed by atoms with Gasteiger partial charge in [0.25, 0.3) is 0 Å². The SMILES string of the molecule is C/C1=C\CC/C(CO)=C/C[C@@H]2CC[C@](C)(O)[C@@H](CC1)C2(C)C. The van der Waals surface area contributed by atoms with Crippen LogP contribution in [-0.2, 0) is 0 Å². The standard InChI is InChI=1S/C20H34O2/c1-15-6-5-7-16(14-21)9-10-17-12-13-20(4,22)18(11-8-15)19(17,2)3/h6,9,17-18,21-22H,5,7-8,10-14H2,1-4H3/b15-6+,16-9-/t17-,18+,20+/m1/s1. The maximum absolute atomic E-state index is 10.9. The fourth-order valence-corrected chi connectivity index (χ4v) is 4.74. The van der Waals surface area contributed by atoms with Crippen LogP contribution in [-0.4, -0.2) is 22.4 Å². The van der Waals surface area contributed by atoms with E-state index in [4.69, 9.17) is 0 Å². The molecule has 2 rings (SSSR count). The molecular weight excluding hydrogens is 272 g/mol. The number of aliphatic hydroxyl groups is 2. The summed E-state index contributed by atoms with van der Waals surface area (Å²) in [5.41, 5.74) is 2.19. The third-order valence-electron chi connectivity index (χ3n) is 6.38. The summed E-state index contributed by atoms with van der Waals surface area (Å²) in [6.45, 7) is 9.10.